The highest BCUT2D eigenvalue weighted by molar-refractivity contribution is 5.85. The fourth-order valence-electron chi connectivity index (χ4n) is 2.50. The van der Waals surface area contributed by atoms with Crippen LogP contribution in [0.25, 0.3) is 10.8 Å². The van der Waals surface area contributed by atoms with Crippen LogP contribution >= 0.6 is 0 Å². The van der Waals surface area contributed by atoms with E-state index in [1.54, 1.807) is 6.20 Å². The van der Waals surface area contributed by atoms with E-state index >= 15 is 0 Å². The van der Waals surface area contributed by atoms with Gasteiger partial charge in [0, 0.05) is 17.8 Å². The molecule has 1 atom stereocenters. The molecule has 0 fully saturated rings. The topological polar surface area (TPSA) is 33.1 Å². The molecule has 100 valence electrons. The molecule has 1 heterocycles. The SMILES string of the molecule is CCc1ccc(C(O)c2cccc3cnccc23)cc1. The minimum absolute atomic E-state index is 0.605. The number of aliphatic hydroxyl groups excluding tert-OH is 1. The predicted octanol–water partition coefficient (Wildman–Crippen LogP) is 3.88. The van der Waals surface area contributed by atoms with Gasteiger partial charge in [0.15, 0.2) is 0 Å². The molecule has 0 bridgehead atoms. The van der Waals surface area contributed by atoms with Crippen molar-refractivity contribution in [3.8, 4) is 0 Å². The smallest absolute Gasteiger partial charge is 0.105 e. The molecule has 2 aromatic carbocycles. The lowest BCUT2D eigenvalue weighted by Gasteiger charge is -2.14. The molecule has 0 saturated carbocycles. The average molecular weight is 263 g/mol. The lowest BCUT2D eigenvalue weighted by molar-refractivity contribution is 0.222. The first-order valence-corrected chi connectivity index (χ1v) is 6.89. The van der Waals surface area contributed by atoms with E-state index in [0.29, 0.717) is 0 Å². The summed E-state index contributed by atoms with van der Waals surface area (Å²) >= 11 is 0. The van der Waals surface area contributed by atoms with Crippen molar-refractivity contribution in [2.24, 2.45) is 0 Å². The molecule has 0 aliphatic rings. The number of pyridine rings is 1. The highest BCUT2D eigenvalue weighted by atomic mass is 16.3. The third-order valence-corrected chi connectivity index (χ3v) is 3.71. The van der Waals surface area contributed by atoms with Crippen LogP contribution in [0, 0.1) is 0 Å². The molecular weight excluding hydrogens is 246 g/mol. The van der Waals surface area contributed by atoms with Crippen LogP contribution in [0.5, 0.6) is 0 Å². The molecule has 1 aromatic heterocycles. The summed E-state index contributed by atoms with van der Waals surface area (Å²) < 4.78 is 0. The van der Waals surface area contributed by atoms with Gasteiger partial charge in [-0.1, -0.05) is 49.4 Å². The quantitative estimate of drug-likeness (QED) is 0.778. The predicted molar refractivity (Wildman–Crippen MR) is 81.6 cm³/mol. The molecule has 0 amide bonds. The highest BCUT2D eigenvalue weighted by Gasteiger charge is 2.13. The molecule has 3 aromatic rings. The second kappa shape index (κ2) is 5.43. The molecule has 3 rings (SSSR count). The second-order valence-electron chi connectivity index (χ2n) is 4.94. The molecule has 0 spiro atoms. The summed E-state index contributed by atoms with van der Waals surface area (Å²) in [5.41, 5.74) is 3.13. The molecule has 0 saturated heterocycles. The standard InChI is InChI=1S/C18H17NO/c1-2-13-6-8-14(9-7-13)18(20)17-5-3-4-15-12-19-11-10-16(15)17/h3-12,18,20H,2H2,1H3. The fourth-order valence-corrected chi connectivity index (χ4v) is 2.50. The van der Waals surface area contributed by atoms with Gasteiger partial charge in [0.05, 0.1) is 0 Å². The molecule has 20 heavy (non-hydrogen) atoms. The number of hydrogen-bond donors (Lipinski definition) is 1. The number of aromatic nitrogens is 1. The second-order valence-corrected chi connectivity index (χ2v) is 4.94. The van der Waals surface area contributed by atoms with Crippen molar-refractivity contribution in [3.05, 3.63) is 77.6 Å². The molecule has 0 aliphatic carbocycles. The van der Waals surface area contributed by atoms with Gasteiger partial charge >= 0.3 is 0 Å². The number of hydrogen-bond acceptors (Lipinski definition) is 2. The Morgan fingerprint density at radius 3 is 2.60 bits per heavy atom. The van der Waals surface area contributed by atoms with Crippen molar-refractivity contribution in [2.45, 2.75) is 19.4 Å². The molecule has 2 heteroatoms. The summed E-state index contributed by atoms with van der Waals surface area (Å²) in [6, 6.07) is 16.1. The Morgan fingerprint density at radius 1 is 1.05 bits per heavy atom. The van der Waals surface area contributed by atoms with Gasteiger partial charge in [0.25, 0.3) is 0 Å². The van der Waals surface area contributed by atoms with Crippen LogP contribution in [-0.4, -0.2) is 10.1 Å². The Kier molecular flexibility index (Phi) is 3.48. The van der Waals surface area contributed by atoms with E-state index in [2.05, 4.69) is 24.0 Å². The maximum Gasteiger partial charge on any atom is 0.105 e. The van der Waals surface area contributed by atoms with Gasteiger partial charge in [0.1, 0.15) is 6.10 Å². The van der Waals surface area contributed by atoms with E-state index in [9.17, 15) is 5.11 Å². The molecule has 0 aliphatic heterocycles. The monoisotopic (exact) mass is 263 g/mol. The number of aryl methyl sites for hydroxylation is 1. The zero-order valence-corrected chi connectivity index (χ0v) is 11.5. The fraction of sp³-hybridized carbons (Fsp3) is 0.167. The first kappa shape index (κ1) is 12.8. The zero-order valence-electron chi connectivity index (χ0n) is 11.5. The Labute approximate surface area is 118 Å². The molecule has 2 nitrogen and oxygen atoms in total. The summed E-state index contributed by atoms with van der Waals surface area (Å²) in [5.74, 6) is 0. The summed E-state index contributed by atoms with van der Waals surface area (Å²) in [7, 11) is 0. The Morgan fingerprint density at radius 2 is 1.85 bits per heavy atom. The summed E-state index contributed by atoms with van der Waals surface area (Å²) in [5, 5.41) is 12.7. The van der Waals surface area contributed by atoms with Crippen LogP contribution in [-0.2, 0) is 6.42 Å². The van der Waals surface area contributed by atoms with Crippen LogP contribution in [0.4, 0.5) is 0 Å². The summed E-state index contributed by atoms with van der Waals surface area (Å²) in [6.07, 6.45) is 3.99. The minimum atomic E-state index is -0.605. The van der Waals surface area contributed by atoms with Gasteiger partial charge in [-0.05, 0) is 34.6 Å². The van der Waals surface area contributed by atoms with Crippen molar-refractivity contribution in [2.75, 3.05) is 0 Å². The van der Waals surface area contributed by atoms with Crippen molar-refractivity contribution in [1.82, 2.24) is 4.98 Å². The van der Waals surface area contributed by atoms with Gasteiger partial charge in [0.2, 0.25) is 0 Å². The molecule has 1 N–H and O–H groups in total. The molecular formula is C18H17NO. The van der Waals surface area contributed by atoms with Gasteiger partial charge in [-0.3, -0.25) is 4.98 Å². The van der Waals surface area contributed by atoms with E-state index < -0.39 is 6.10 Å². The van der Waals surface area contributed by atoms with E-state index in [1.807, 2.05) is 42.6 Å². The number of benzene rings is 2. The van der Waals surface area contributed by atoms with E-state index in [-0.39, 0.29) is 0 Å². The molecule has 0 radical (unpaired) electrons. The van der Waals surface area contributed by atoms with Crippen molar-refractivity contribution >= 4 is 10.8 Å². The van der Waals surface area contributed by atoms with Crippen molar-refractivity contribution < 1.29 is 5.11 Å². The normalized spacial score (nSPS) is 12.5. The number of nitrogens with zero attached hydrogens (tertiary/aromatic N) is 1. The maximum absolute atomic E-state index is 10.6. The van der Waals surface area contributed by atoms with Gasteiger partial charge in [-0.25, -0.2) is 0 Å². The Bertz CT molecular complexity index is 714. The largest absolute Gasteiger partial charge is 0.384 e. The first-order valence-electron chi connectivity index (χ1n) is 6.89. The lowest BCUT2D eigenvalue weighted by atomic mass is 9.96. The van der Waals surface area contributed by atoms with Crippen LogP contribution in [0.15, 0.2) is 60.9 Å². The van der Waals surface area contributed by atoms with Crippen LogP contribution in [0.2, 0.25) is 0 Å². The number of rotatable bonds is 3. The van der Waals surface area contributed by atoms with Crippen molar-refractivity contribution in [3.63, 3.8) is 0 Å². The zero-order chi connectivity index (χ0) is 13.9. The van der Waals surface area contributed by atoms with E-state index in [0.717, 1.165) is 28.3 Å². The summed E-state index contributed by atoms with van der Waals surface area (Å²) in [4.78, 5) is 4.13. The van der Waals surface area contributed by atoms with Gasteiger partial charge in [-0.2, -0.15) is 0 Å². The van der Waals surface area contributed by atoms with Crippen LogP contribution < -0.4 is 0 Å². The molecule has 1 unspecified atom stereocenters. The number of fused-ring (bicyclic) bond motifs is 1. The highest BCUT2D eigenvalue weighted by Crippen LogP contribution is 2.28. The average Bonchev–Trinajstić information content (AvgIpc) is 2.54. The van der Waals surface area contributed by atoms with Crippen molar-refractivity contribution in [1.29, 1.82) is 0 Å². The minimum Gasteiger partial charge on any atom is -0.384 e. The third-order valence-electron chi connectivity index (χ3n) is 3.71. The third kappa shape index (κ3) is 2.30. The van der Waals surface area contributed by atoms with E-state index in [4.69, 9.17) is 0 Å². The lowest BCUT2D eigenvalue weighted by Crippen LogP contribution is -2.00. The summed E-state index contributed by atoms with van der Waals surface area (Å²) in [6.45, 7) is 2.13. The van der Waals surface area contributed by atoms with Gasteiger partial charge in [-0.15, -0.1) is 0 Å². The van der Waals surface area contributed by atoms with E-state index in [1.165, 1.54) is 5.56 Å². The first-order chi connectivity index (χ1) is 9.79. The van der Waals surface area contributed by atoms with Crippen LogP contribution in [0.3, 0.4) is 0 Å². The maximum atomic E-state index is 10.6. The number of aliphatic hydroxyl groups is 1. The Hall–Kier alpha value is -2.19. The van der Waals surface area contributed by atoms with Gasteiger partial charge < -0.3 is 5.11 Å². The Balaban J connectivity index is 2.05. The van der Waals surface area contributed by atoms with Crippen LogP contribution in [0.1, 0.15) is 29.7 Å².